The van der Waals surface area contributed by atoms with Crippen LogP contribution in [0.2, 0.25) is 5.02 Å². The zero-order chi connectivity index (χ0) is 22.9. The molecule has 0 saturated carbocycles. The zero-order valence-corrected chi connectivity index (χ0v) is 19.7. The van der Waals surface area contributed by atoms with Crippen LogP contribution in [0.3, 0.4) is 0 Å². The van der Waals surface area contributed by atoms with Gasteiger partial charge in [0.05, 0.1) is 17.1 Å². The largest absolute Gasteiger partial charge is 0.341 e. The number of benzene rings is 2. The number of hydrogen-bond acceptors (Lipinski definition) is 5. The molecule has 1 N–H and O–H groups in total. The van der Waals surface area contributed by atoms with E-state index < -0.39 is 0 Å². The van der Waals surface area contributed by atoms with E-state index in [1.165, 1.54) is 11.3 Å². The SMILES string of the molecule is Cc1ccc(-n2c(N3CCCC(C(=O)Nc4ccc(Cl)cc4)C3)nc3ccsc3c2=O)cc1. The Hall–Kier alpha value is -3.16. The third kappa shape index (κ3) is 4.38. The van der Waals surface area contributed by atoms with Gasteiger partial charge in [0.2, 0.25) is 11.9 Å². The molecule has 3 heterocycles. The smallest absolute Gasteiger partial charge is 0.277 e. The molecule has 168 valence electrons. The lowest BCUT2D eigenvalue weighted by molar-refractivity contribution is -0.120. The molecule has 2 aromatic carbocycles. The molecule has 1 atom stereocenters. The molecule has 0 radical (unpaired) electrons. The number of hydrogen-bond donors (Lipinski definition) is 1. The zero-order valence-electron chi connectivity index (χ0n) is 18.1. The maximum absolute atomic E-state index is 13.4. The molecule has 33 heavy (non-hydrogen) atoms. The Balaban J connectivity index is 1.48. The van der Waals surface area contributed by atoms with Crippen LogP contribution in [-0.2, 0) is 4.79 Å². The van der Waals surface area contributed by atoms with Gasteiger partial charge in [0.25, 0.3) is 5.56 Å². The van der Waals surface area contributed by atoms with Gasteiger partial charge >= 0.3 is 0 Å². The number of piperidine rings is 1. The molecule has 5 rings (SSSR count). The number of anilines is 2. The van der Waals surface area contributed by atoms with Crippen molar-refractivity contribution in [1.29, 1.82) is 0 Å². The average molecular weight is 479 g/mol. The molecular weight excluding hydrogens is 456 g/mol. The van der Waals surface area contributed by atoms with Crippen molar-refractivity contribution < 1.29 is 4.79 Å². The summed E-state index contributed by atoms with van der Waals surface area (Å²) in [6.45, 7) is 3.24. The quantitative estimate of drug-likeness (QED) is 0.434. The van der Waals surface area contributed by atoms with E-state index in [9.17, 15) is 9.59 Å². The Morgan fingerprint density at radius 3 is 2.64 bits per heavy atom. The second-order valence-electron chi connectivity index (χ2n) is 8.30. The summed E-state index contributed by atoms with van der Waals surface area (Å²) in [4.78, 5) is 33.4. The maximum Gasteiger partial charge on any atom is 0.277 e. The van der Waals surface area contributed by atoms with E-state index in [-0.39, 0.29) is 17.4 Å². The van der Waals surface area contributed by atoms with Crippen LogP contribution in [0.5, 0.6) is 0 Å². The number of aromatic nitrogens is 2. The van der Waals surface area contributed by atoms with Crippen molar-refractivity contribution in [3.05, 3.63) is 80.9 Å². The number of amides is 1. The Bertz CT molecular complexity index is 1360. The van der Waals surface area contributed by atoms with Crippen molar-refractivity contribution >= 4 is 50.7 Å². The summed E-state index contributed by atoms with van der Waals surface area (Å²) in [5.41, 5.74) is 3.22. The minimum Gasteiger partial charge on any atom is -0.341 e. The van der Waals surface area contributed by atoms with Crippen LogP contribution in [0, 0.1) is 12.8 Å². The van der Waals surface area contributed by atoms with Gasteiger partial charge in [-0.15, -0.1) is 11.3 Å². The predicted molar refractivity (Wildman–Crippen MR) is 135 cm³/mol. The summed E-state index contributed by atoms with van der Waals surface area (Å²) in [6.07, 6.45) is 1.62. The second kappa shape index (κ2) is 9.00. The van der Waals surface area contributed by atoms with Gasteiger partial charge in [-0.1, -0.05) is 29.3 Å². The molecule has 0 bridgehead atoms. The molecule has 1 fully saturated rings. The predicted octanol–water partition coefficient (Wildman–Crippen LogP) is 5.26. The van der Waals surface area contributed by atoms with Crippen LogP contribution in [0.1, 0.15) is 18.4 Å². The summed E-state index contributed by atoms with van der Waals surface area (Å²) in [6, 6.07) is 16.8. The van der Waals surface area contributed by atoms with E-state index >= 15 is 0 Å². The lowest BCUT2D eigenvalue weighted by atomic mass is 9.97. The lowest BCUT2D eigenvalue weighted by Crippen LogP contribution is -2.43. The van der Waals surface area contributed by atoms with E-state index in [1.54, 1.807) is 28.8 Å². The fraction of sp³-hybridized carbons (Fsp3) is 0.240. The van der Waals surface area contributed by atoms with Gasteiger partial charge in [0.15, 0.2) is 0 Å². The van der Waals surface area contributed by atoms with E-state index in [0.29, 0.717) is 27.7 Å². The minimum absolute atomic E-state index is 0.0390. The molecule has 0 spiro atoms. The van der Waals surface area contributed by atoms with Crippen LogP contribution in [0.4, 0.5) is 11.6 Å². The summed E-state index contributed by atoms with van der Waals surface area (Å²) >= 11 is 7.35. The van der Waals surface area contributed by atoms with Crippen molar-refractivity contribution in [3.63, 3.8) is 0 Å². The number of aryl methyl sites for hydroxylation is 1. The van der Waals surface area contributed by atoms with Crippen LogP contribution < -0.4 is 15.8 Å². The number of rotatable bonds is 4. The monoisotopic (exact) mass is 478 g/mol. The Kier molecular flexibility index (Phi) is 5.91. The van der Waals surface area contributed by atoms with E-state index in [1.807, 2.05) is 42.6 Å². The van der Waals surface area contributed by atoms with E-state index in [0.717, 1.165) is 36.3 Å². The molecule has 0 aliphatic carbocycles. The Morgan fingerprint density at radius 2 is 1.88 bits per heavy atom. The molecule has 1 amide bonds. The average Bonchev–Trinajstić information content (AvgIpc) is 3.31. The standard InChI is InChI=1S/C25H23ClN4O2S/c1-16-4-10-20(11-5-16)30-24(32)22-21(12-14-33-22)28-25(30)29-13-2-3-17(15-29)23(31)27-19-8-6-18(26)7-9-19/h4-12,14,17H,2-3,13,15H2,1H3,(H,27,31). The van der Waals surface area contributed by atoms with Crippen molar-refractivity contribution in [3.8, 4) is 5.69 Å². The van der Waals surface area contributed by atoms with Crippen molar-refractivity contribution in [2.24, 2.45) is 5.92 Å². The first-order valence-corrected chi connectivity index (χ1v) is 12.1. The normalized spacial score (nSPS) is 16.2. The topological polar surface area (TPSA) is 67.2 Å². The Labute approximate surface area is 200 Å². The fourth-order valence-electron chi connectivity index (χ4n) is 4.19. The molecule has 1 aliphatic rings. The first-order valence-electron chi connectivity index (χ1n) is 10.9. The molecule has 1 saturated heterocycles. The highest BCUT2D eigenvalue weighted by atomic mass is 35.5. The maximum atomic E-state index is 13.4. The number of nitrogens with one attached hydrogen (secondary N) is 1. The molecule has 1 unspecified atom stereocenters. The van der Waals surface area contributed by atoms with Gasteiger partial charge in [-0.3, -0.25) is 9.59 Å². The number of nitrogens with zero attached hydrogens (tertiary/aromatic N) is 3. The van der Waals surface area contributed by atoms with Crippen molar-refractivity contribution in [1.82, 2.24) is 9.55 Å². The van der Waals surface area contributed by atoms with Gasteiger partial charge in [0.1, 0.15) is 4.70 Å². The van der Waals surface area contributed by atoms with Crippen molar-refractivity contribution in [2.75, 3.05) is 23.3 Å². The molecule has 6 nitrogen and oxygen atoms in total. The van der Waals surface area contributed by atoms with E-state index in [4.69, 9.17) is 16.6 Å². The third-order valence-corrected chi connectivity index (χ3v) is 7.08. The van der Waals surface area contributed by atoms with Gasteiger partial charge in [-0.25, -0.2) is 9.55 Å². The summed E-state index contributed by atoms with van der Waals surface area (Å²) in [5.74, 6) is 0.331. The van der Waals surface area contributed by atoms with Gasteiger partial charge in [-0.05, 0) is 67.6 Å². The Morgan fingerprint density at radius 1 is 1.12 bits per heavy atom. The number of carbonyl (C=O) groups is 1. The molecule has 8 heteroatoms. The number of halogens is 1. The van der Waals surface area contributed by atoms with E-state index in [2.05, 4.69) is 10.2 Å². The number of carbonyl (C=O) groups excluding carboxylic acids is 1. The first-order chi connectivity index (χ1) is 16.0. The number of thiophene rings is 1. The summed E-state index contributed by atoms with van der Waals surface area (Å²) in [5, 5.41) is 5.50. The van der Waals surface area contributed by atoms with Crippen molar-refractivity contribution in [2.45, 2.75) is 19.8 Å². The van der Waals surface area contributed by atoms with Crippen LogP contribution >= 0.6 is 22.9 Å². The third-order valence-electron chi connectivity index (χ3n) is 5.94. The lowest BCUT2D eigenvalue weighted by Gasteiger charge is -2.34. The highest BCUT2D eigenvalue weighted by Crippen LogP contribution is 2.27. The summed E-state index contributed by atoms with van der Waals surface area (Å²) < 4.78 is 2.31. The molecular formula is C25H23ClN4O2S. The highest BCUT2D eigenvalue weighted by Gasteiger charge is 2.29. The van der Waals surface area contributed by atoms with Crippen LogP contribution in [0.15, 0.2) is 64.8 Å². The second-order valence-corrected chi connectivity index (χ2v) is 9.66. The fourth-order valence-corrected chi connectivity index (χ4v) is 5.08. The number of fused-ring (bicyclic) bond motifs is 1. The van der Waals surface area contributed by atoms with Gasteiger partial charge in [-0.2, -0.15) is 0 Å². The van der Waals surface area contributed by atoms with Gasteiger partial charge < -0.3 is 10.2 Å². The highest BCUT2D eigenvalue weighted by molar-refractivity contribution is 7.17. The minimum atomic E-state index is -0.212. The van der Waals surface area contributed by atoms with Gasteiger partial charge in [0, 0.05) is 23.8 Å². The first kappa shape index (κ1) is 21.7. The molecule has 4 aromatic rings. The summed E-state index contributed by atoms with van der Waals surface area (Å²) in [7, 11) is 0. The molecule has 1 aliphatic heterocycles. The van der Waals surface area contributed by atoms with Crippen LogP contribution in [-0.4, -0.2) is 28.5 Å². The molecule has 2 aromatic heterocycles. The van der Waals surface area contributed by atoms with Crippen LogP contribution in [0.25, 0.3) is 15.9 Å².